The number of rotatable bonds is 21. The minimum Gasteiger partial charge on any atom is -0.445 e. The lowest BCUT2D eigenvalue weighted by atomic mass is 10.0. The molecular formula is C36H53N5O7. The van der Waals surface area contributed by atoms with E-state index < -0.39 is 42.6 Å². The Morgan fingerprint density at radius 3 is 2.15 bits per heavy atom. The van der Waals surface area contributed by atoms with Gasteiger partial charge in [-0.2, -0.15) is 0 Å². The molecule has 0 bridgehead atoms. The maximum Gasteiger partial charge on any atom is 0.407 e. The average molecular weight is 668 g/mol. The topological polar surface area (TPSA) is 168 Å². The number of carbonyl (C=O) groups excluding carboxylic acids is 5. The predicted molar refractivity (Wildman–Crippen MR) is 184 cm³/mol. The van der Waals surface area contributed by atoms with Crippen LogP contribution >= 0.6 is 0 Å². The molecule has 1 aromatic carbocycles. The van der Waals surface area contributed by atoms with Crippen LogP contribution in [-0.2, 0) is 25.7 Å². The van der Waals surface area contributed by atoms with Gasteiger partial charge >= 0.3 is 6.09 Å². The Balaban J connectivity index is 1.72. The normalized spacial score (nSPS) is 13.1. The van der Waals surface area contributed by atoms with Gasteiger partial charge in [0, 0.05) is 37.5 Å². The number of aromatic nitrogens is 1. The highest BCUT2D eigenvalue weighted by Gasteiger charge is 2.29. The monoisotopic (exact) mass is 667 g/mol. The molecule has 3 unspecified atom stereocenters. The number of allylic oxidation sites excluding steroid dienone is 1. The molecule has 0 saturated carbocycles. The van der Waals surface area contributed by atoms with Crippen molar-refractivity contribution in [1.82, 2.24) is 25.8 Å². The fourth-order valence-electron chi connectivity index (χ4n) is 4.88. The molecule has 0 spiro atoms. The fraction of sp³-hybridized carbons (Fsp3) is 0.528. The molecule has 0 aliphatic heterocycles. The van der Waals surface area contributed by atoms with E-state index in [1.807, 2.05) is 44.2 Å². The van der Waals surface area contributed by atoms with E-state index in [9.17, 15) is 29.1 Å². The summed E-state index contributed by atoms with van der Waals surface area (Å²) in [5, 5.41) is 20.8. The maximum atomic E-state index is 13.1. The number of nitrogens with zero attached hydrogens (tertiary/aromatic N) is 1. The molecule has 4 amide bonds. The number of benzene rings is 1. The van der Waals surface area contributed by atoms with E-state index in [4.69, 9.17) is 4.74 Å². The number of hydrogen-bond acceptors (Lipinski definition) is 7. The van der Waals surface area contributed by atoms with Crippen LogP contribution in [0, 0.1) is 11.8 Å². The first kappa shape index (κ1) is 39.7. The van der Waals surface area contributed by atoms with Crippen LogP contribution in [0.25, 0.3) is 0 Å². The number of aliphatic hydroxyl groups excluding tert-OH is 1. The maximum absolute atomic E-state index is 13.1. The molecule has 264 valence electrons. The first-order valence-electron chi connectivity index (χ1n) is 16.8. The number of unbranched alkanes of at least 4 members (excludes halogenated alkanes) is 4. The summed E-state index contributed by atoms with van der Waals surface area (Å²) in [6.07, 6.45) is 10.6. The molecule has 2 aromatic rings. The lowest BCUT2D eigenvalue weighted by Crippen LogP contribution is -2.57. The van der Waals surface area contributed by atoms with Gasteiger partial charge in [0.05, 0.1) is 6.61 Å². The Morgan fingerprint density at radius 2 is 1.50 bits per heavy atom. The van der Waals surface area contributed by atoms with E-state index in [2.05, 4.69) is 21.3 Å². The van der Waals surface area contributed by atoms with E-state index in [1.54, 1.807) is 44.4 Å². The standard InChI is InChI=1S/C36H53N5O7/c1-26(2)23-29(18-19-32(44)41-21-13-14-22-41)38-34(45)30(24-42)39-35(46)33(27(3)4)40-31(43)17-11-6-5-7-12-20-37-36(47)48-25-28-15-9-8-10-16-28/h8-10,13-16,18-19,21-22,26-27,29-30,33,42H,5-7,11-12,17,20,23-25H2,1-4H3,(H,37,47)(H,38,45)(H,39,46)(H,40,43)/b19-18+. The minimum atomic E-state index is -1.24. The van der Waals surface area contributed by atoms with Crippen LogP contribution in [-0.4, -0.2) is 70.7 Å². The van der Waals surface area contributed by atoms with E-state index in [0.717, 1.165) is 31.2 Å². The third-order valence-corrected chi connectivity index (χ3v) is 7.53. The fourth-order valence-corrected chi connectivity index (χ4v) is 4.88. The third kappa shape index (κ3) is 15.9. The van der Waals surface area contributed by atoms with Crippen molar-refractivity contribution in [2.75, 3.05) is 13.2 Å². The zero-order valence-corrected chi connectivity index (χ0v) is 28.7. The first-order valence-corrected chi connectivity index (χ1v) is 16.8. The van der Waals surface area contributed by atoms with Gasteiger partial charge in [0.25, 0.3) is 5.91 Å². The molecule has 0 radical (unpaired) electrons. The van der Waals surface area contributed by atoms with Crippen LogP contribution < -0.4 is 21.3 Å². The van der Waals surface area contributed by atoms with Crippen molar-refractivity contribution in [3.8, 4) is 0 Å². The number of hydrogen-bond donors (Lipinski definition) is 5. The lowest BCUT2D eigenvalue weighted by Gasteiger charge is -2.26. The molecule has 0 aliphatic rings. The van der Waals surface area contributed by atoms with Gasteiger partial charge in [-0.15, -0.1) is 0 Å². The molecule has 12 nitrogen and oxygen atoms in total. The molecule has 1 aromatic heterocycles. The van der Waals surface area contributed by atoms with E-state index in [1.165, 1.54) is 10.6 Å². The highest BCUT2D eigenvalue weighted by atomic mass is 16.5. The van der Waals surface area contributed by atoms with Crippen molar-refractivity contribution in [3.63, 3.8) is 0 Å². The quantitative estimate of drug-likeness (QED) is 0.0987. The van der Waals surface area contributed by atoms with Crippen molar-refractivity contribution < 1.29 is 33.8 Å². The zero-order chi connectivity index (χ0) is 35.3. The highest BCUT2D eigenvalue weighted by molar-refractivity contribution is 5.93. The van der Waals surface area contributed by atoms with Gasteiger partial charge in [-0.3, -0.25) is 23.7 Å². The van der Waals surface area contributed by atoms with Crippen LogP contribution in [0.15, 0.2) is 67.0 Å². The molecule has 0 fully saturated rings. The van der Waals surface area contributed by atoms with E-state index in [0.29, 0.717) is 19.4 Å². The van der Waals surface area contributed by atoms with Gasteiger partial charge < -0.3 is 31.1 Å². The molecule has 48 heavy (non-hydrogen) atoms. The largest absolute Gasteiger partial charge is 0.445 e. The van der Waals surface area contributed by atoms with Crippen LogP contribution in [0.5, 0.6) is 0 Å². The molecule has 1 heterocycles. The molecule has 0 aliphatic carbocycles. The van der Waals surface area contributed by atoms with Gasteiger partial charge in [-0.25, -0.2) is 4.79 Å². The Morgan fingerprint density at radius 1 is 0.833 bits per heavy atom. The van der Waals surface area contributed by atoms with Crippen molar-refractivity contribution in [3.05, 3.63) is 72.6 Å². The number of amides is 4. The minimum absolute atomic E-state index is 0.197. The summed E-state index contributed by atoms with van der Waals surface area (Å²) >= 11 is 0. The molecule has 2 rings (SSSR count). The van der Waals surface area contributed by atoms with Crippen molar-refractivity contribution in [1.29, 1.82) is 0 Å². The second kappa shape index (κ2) is 22.2. The van der Waals surface area contributed by atoms with Gasteiger partial charge in [0.1, 0.15) is 18.7 Å². The summed E-state index contributed by atoms with van der Waals surface area (Å²) in [7, 11) is 0. The van der Waals surface area contributed by atoms with Crippen molar-refractivity contribution in [2.45, 2.75) is 97.4 Å². The average Bonchev–Trinajstić information content (AvgIpc) is 3.60. The molecule has 12 heteroatoms. The first-order chi connectivity index (χ1) is 23.0. The summed E-state index contributed by atoms with van der Waals surface area (Å²) in [5.74, 6) is -1.77. The number of carbonyl (C=O) groups is 5. The van der Waals surface area contributed by atoms with Crippen molar-refractivity contribution in [2.24, 2.45) is 11.8 Å². The molecule has 0 saturated heterocycles. The third-order valence-electron chi connectivity index (χ3n) is 7.53. The summed E-state index contributed by atoms with van der Waals surface area (Å²) in [6.45, 7) is 7.63. The predicted octanol–water partition coefficient (Wildman–Crippen LogP) is 4.10. The Labute approximate surface area is 284 Å². The van der Waals surface area contributed by atoms with E-state index >= 15 is 0 Å². The Kier molecular flexibility index (Phi) is 18.4. The SMILES string of the molecule is CC(C)CC(/C=C/C(=O)n1cccc1)NC(=O)C(CO)NC(=O)C(NC(=O)CCCCCCCNC(=O)OCc1ccccc1)C(C)C. The van der Waals surface area contributed by atoms with Crippen LogP contribution in [0.2, 0.25) is 0 Å². The van der Waals surface area contributed by atoms with Crippen LogP contribution in [0.4, 0.5) is 4.79 Å². The van der Waals surface area contributed by atoms with Gasteiger partial charge in [-0.05, 0) is 48.8 Å². The Bertz CT molecular complexity index is 1300. The number of alkyl carbamates (subject to hydrolysis) is 1. The lowest BCUT2D eigenvalue weighted by molar-refractivity contribution is -0.133. The highest BCUT2D eigenvalue weighted by Crippen LogP contribution is 2.10. The number of ether oxygens (including phenoxy) is 1. The molecular weight excluding hydrogens is 614 g/mol. The van der Waals surface area contributed by atoms with Gasteiger partial charge in [0.15, 0.2) is 0 Å². The van der Waals surface area contributed by atoms with Crippen molar-refractivity contribution >= 4 is 29.7 Å². The number of nitrogens with one attached hydrogen (secondary N) is 4. The second-order valence-corrected chi connectivity index (χ2v) is 12.6. The Hall–Kier alpha value is -4.45. The van der Waals surface area contributed by atoms with Gasteiger partial charge in [0.2, 0.25) is 17.7 Å². The molecule has 3 atom stereocenters. The second-order valence-electron chi connectivity index (χ2n) is 12.6. The summed E-state index contributed by atoms with van der Waals surface area (Å²) in [4.78, 5) is 63.0. The summed E-state index contributed by atoms with van der Waals surface area (Å²) in [5.41, 5.74) is 0.924. The van der Waals surface area contributed by atoms with Crippen LogP contribution in [0.1, 0.15) is 83.0 Å². The summed E-state index contributed by atoms with van der Waals surface area (Å²) < 4.78 is 6.60. The summed E-state index contributed by atoms with van der Waals surface area (Å²) in [6, 6.07) is 10.3. The number of aliphatic hydroxyl groups is 1. The van der Waals surface area contributed by atoms with Gasteiger partial charge in [-0.1, -0.05) is 83.4 Å². The van der Waals surface area contributed by atoms with Crippen LogP contribution in [0.3, 0.4) is 0 Å². The zero-order valence-electron chi connectivity index (χ0n) is 28.7. The molecule has 5 N–H and O–H groups in total. The van der Waals surface area contributed by atoms with E-state index in [-0.39, 0.29) is 36.7 Å². The smallest absolute Gasteiger partial charge is 0.407 e.